The van der Waals surface area contributed by atoms with Gasteiger partial charge >= 0.3 is 0 Å². The van der Waals surface area contributed by atoms with Gasteiger partial charge in [-0.1, -0.05) is 13.8 Å². The van der Waals surface area contributed by atoms with Crippen LogP contribution in [0.2, 0.25) is 0 Å². The molecule has 1 N–H and O–H groups in total. The molecule has 94 valence electrons. The topological polar surface area (TPSA) is 32.7 Å². The summed E-state index contributed by atoms with van der Waals surface area (Å²) in [6.45, 7) is 8.44. The Morgan fingerprint density at radius 3 is 2.31 bits per heavy atom. The van der Waals surface area contributed by atoms with Crippen molar-refractivity contribution in [1.29, 1.82) is 0 Å². The zero-order valence-electron chi connectivity index (χ0n) is 10.6. The van der Waals surface area contributed by atoms with E-state index in [1.807, 2.05) is 0 Å². The Balaban J connectivity index is 1.70. The molecule has 0 aromatic carbocycles. The fraction of sp³-hybridized carbons (Fsp3) is 1.00. The average molecular weight is 227 g/mol. The Kier molecular flexibility index (Phi) is 4.22. The van der Waals surface area contributed by atoms with Crippen molar-refractivity contribution in [3.8, 4) is 0 Å². The summed E-state index contributed by atoms with van der Waals surface area (Å²) in [5.74, 6) is 2.24. The first-order valence-corrected chi connectivity index (χ1v) is 6.66. The van der Waals surface area contributed by atoms with E-state index in [4.69, 9.17) is 4.74 Å². The monoisotopic (exact) mass is 227 g/mol. The van der Waals surface area contributed by atoms with Gasteiger partial charge in [0.05, 0.1) is 13.2 Å². The first-order valence-electron chi connectivity index (χ1n) is 6.66. The van der Waals surface area contributed by atoms with Gasteiger partial charge in [-0.25, -0.2) is 0 Å². The second kappa shape index (κ2) is 5.48. The van der Waals surface area contributed by atoms with Crippen LogP contribution >= 0.6 is 0 Å². The second-order valence-electron chi connectivity index (χ2n) is 5.74. The number of aliphatic hydroxyl groups is 1. The van der Waals surface area contributed by atoms with Crippen molar-refractivity contribution in [2.75, 3.05) is 26.3 Å². The minimum absolute atomic E-state index is 0.234. The number of ether oxygens (including phenoxy) is 1. The lowest BCUT2D eigenvalue weighted by Gasteiger charge is -2.38. The van der Waals surface area contributed by atoms with Crippen LogP contribution in [-0.4, -0.2) is 42.5 Å². The van der Waals surface area contributed by atoms with E-state index in [2.05, 4.69) is 18.7 Å². The highest BCUT2D eigenvalue weighted by molar-refractivity contribution is 4.78. The van der Waals surface area contributed by atoms with Gasteiger partial charge < -0.3 is 9.84 Å². The Hall–Kier alpha value is -0.120. The predicted molar refractivity (Wildman–Crippen MR) is 64.1 cm³/mol. The lowest BCUT2D eigenvalue weighted by Crippen LogP contribution is -2.45. The first kappa shape index (κ1) is 12.3. The molecule has 2 rings (SSSR count). The smallest absolute Gasteiger partial charge is 0.107 e. The third-order valence-corrected chi connectivity index (χ3v) is 4.19. The summed E-state index contributed by atoms with van der Waals surface area (Å²) in [5.41, 5.74) is 0. The SMILES string of the molecule is CC(C)C1CCN(C(O)CC2COC2)CC1. The van der Waals surface area contributed by atoms with Gasteiger partial charge in [0.25, 0.3) is 0 Å². The molecule has 0 spiro atoms. The molecule has 1 unspecified atom stereocenters. The number of hydrogen-bond acceptors (Lipinski definition) is 3. The van der Waals surface area contributed by atoms with Gasteiger partial charge in [-0.15, -0.1) is 0 Å². The van der Waals surface area contributed by atoms with Gasteiger partial charge in [0, 0.05) is 19.0 Å². The van der Waals surface area contributed by atoms with E-state index in [0.29, 0.717) is 5.92 Å². The van der Waals surface area contributed by atoms with Crippen LogP contribution in [0.15, 0.2) is 0 Å². The van der Waals surface area contributed by atoms with Crippen LogP contribution in [0.25, 0.3) is 0 Å². The van der Waals surface area contributed by atoms with Crippen LogP contribution in [0.4, 0.5) is 0 Å². The normalized spacial score (nSPS) is 27.0. The predicted octanol–water partition coefficient (Wildman–Crippen LogP) is 1.71. The standard InChI is InChI=1S/C13H25NO2/c1-10(2)12-3-5-14(6-4-12)13(15)7-11-8-16-9-11/h10-13,15H,3-9H2,1-2H3. The molecule has 2 aliphatic heterocycles. The summed E-state index contributed by atoms with van der Waals surface area (Å²) in [6, 6.07) is 0. The molecule has 0 aromatic rings. The lowest BCUT2D eigenvalue weighted by atomic mass is 9.86. The van der Waals surface area contributed by atoms with E-state index >= 15 is 0 Å². The minimum Gasteiger partial charge on any atom is -0.381 e. The molecule has 2 fully saturated rings. The molecular formula is C13H25NO2. The van der Waals surface area contributed by atoms with Crippen LogP contribution in [0, 0.1) is 17.8 Å². The Morgan fingerprint density at radius 1 is 1.25 bits per heavy atom. The van der Waals surface area contributed by atoms with Crippen molar-refractivity contribution in [2.24, 2.45) is 17.8 Å². The molecule has 1 atom stereocenters. The lowest BCUT2D eigenvalue weighted by molar-refractivity contribution is -0.0916. The molecule has 3 nitrogen and oxygen atoms in total. The van der Waals surface area contributed by atoms with Gasteiger partial charge in [-0.2, -0.15) is 0 Å². The molecule has 0 aromatic heterocycles. The number of piperidine rings is 1. The Labute approximate surface area is 98.8 Å². The van der Waals surface area contributed by atoms with E-state index in [9.17, 15) is 5.11 Å². The van der Waals surface area contributed by atoms with E-state index in [-0.39, 0.29) is 6.23 Å². The van der Waals surface area contributed by atoms with Crippen LogP contribution in [0.5, 0.6) is 0 Å². The molecule has 0 amide bonds. The van der Waals surface area contributed by atoms with Gasteiger partial charge in [0.2, 0.25) is 0 Å². The number of nitrogens with zero attached hydrogens (tertiary/aromatic N) is 1. The minimum atomic E-state index is -0.234. The molecular weight excluding hydrogens is 202 g/mol. The third kappa shape index (κ3) is 2.96. The van der Waals surface area contributed by atoms with E-state index in [1.54, 1.807) is 0 Å². The number of hydrogen-bond donors (Lipinski definition) is 1. The van der Waals surface area contributed by atoms with E-state index in [0.717, 1.165) is 44.6 Å². The fourth-order valence-corrected chi connectivity index (χ4v) is 2.75. The maximum atomic E-state index is 10.1. The molecule has 0 saturated carbocycles. The van der Waals surface area contributed by atoms with Crippen molar-refractivity contribution < 1.29 is 9.84 Å². The first-order chi connectivity index (χ1) is 7.66. The van der Waals surface area contributed by atoms with Crippen molar-refractivity contribution >= 4 is 0 Å². The van der Waals surface area contributed by atoms with Crippen molar-refractivity contribution in [3.63, 3.8) is 0 Å². The largest absolute Gasteiger partial charge is 0.381 e. The highest BCUT2D eigenvalue weighted by Crippen LogP contribution is 2.27. The van der Waals surface area contributed by atoms with Crippen LogP contribution in [-0.2, 0) is 4.74 Å². The summed E-state index contributed by atoms with van der Waals surface area (Å²) < 4.78 is 5.14. The van der Waals surface area contributed by atoms with Gasteiger partial charge in [0.15, 0.2) is 0 Å². The number of aliphatic hydroxyl groups excluding tert-OH is 1. The van der Waals surface area contributed by atoms with Gasteiger partial charge in [-0.3, -0.25) is 4.90 Å². The summed E-state index contributed by atoms with van der Waals surface area (Å²) in [7, 11) is 0. The molecule has 0 radical (unpaired) electrons. The molecule has 3 heteroatoms. The van der Waals surface area contributed by atoms with Crippen LogP contribution in [0.3, 0.4) is 0 Å². The van der Waals surface area contributed by atoms with E-state index in [1.165, 1.54) is 12.8 Å². The molecule has 2 saturated heterocycles. The molecule has 0 aliphatic carbocycles. The quantitative estimate of drug-likeness (QED) is 0.793. The summed E-state index contributed by atoms with van der Waals surface area (Å²) >= 11 is 0. The highest BCUT2D eigenvalue weighted by atomic mass is 16.5. The summed E-state index contributed by atoms with van der Waals surface area (Å²) in [6.07, 6.45) is 3.15. The molecule has 2 aliphatic rings. The zero-order chi connectivity index (χ0) is 11.5. The van der Waals surface area contributed by atoms with Gasteiger partial charge in [0.1, 0.15) is 6.23 Å². The summed E-state index contributed by atoms with van der Waals surface area (Å²) in [4.78, 5) is 2.25. The highest BCUT2D eigenvalue weighted by Gasteiger charge is 2.28. The molecule has 16 heavy (non-hydrogen) atoms. The van der Waals surface area contributed by atoms with Gasteiger partial charge in [-0.05, 0) is 31.1 Å². The van der Waals surface area contributed by atoms with Crippen molar-refractivity contribution in [3.05, 3.63) is 0 Å². The maximum Gasteiger partial charge on any atom is 0.107 e. The van der Waals surface area contributed by atoms with Crippen molar-refractivity contribution in [1.82, 2.24) is 4.90 Å². The Morgan fingerprint density at radius 2 is 1.88 bits per heavy atom. The summed E-state index contributed by atoms with van der Waals surface area (Å²) in [5, 5.41) is 10.1. The zero-order valence-corrected chi connectivity index (χ0v) is 10.6. The number of rotatable bonds is 4. The van der Waals surface area contributed by atoms with E-state index < -0.39 is 0 Å². The van der Waals surface area contributed by atoms with Crippen LogP contribution in [0.1, 0.15) is 33.1 Å². The second-order valence-corrected chi connectivity index (χ2v) is 5.74. The fourth-order valence-electron chi connectivity index (χ4n) is 2.75. The van der Waals surface area contributed by atoms with Crippen LogP contribution < -0.4 is 0 Å². The average Bonchev–Trinajstić information content (AvgIpc) is 2.23. The Bertz CT molecular complexity index is 208. The molecule has 0 bridgehead atoms. The van der Waals surface area contributed by atoms with Crippen molar-refractivity contribution in [2.45, 2.75) is 39.3 Å². The molecule has 2 heterocycles. The third-order valence-electron chi connectivity index (χ3n) is 4.19. The number of likely N-dealkylation sites (tertiary alicyclic amines) is 1. The maximum absolute atomic E-state index is 10.1.